The maximum Gasteiger partial charge on any atom is 0.326 e. The first kappa shape index (κ1) is 18.7. The van der Waals surface area contributed by atoms with E-state index in [1.165, 1.54) is 12.1 Å². The molecular weight excluding hydrogens is 363 g/mol. The molecule has 2 aromatic rings. The highest BCUT2D eigenvalue weighted by atomic mass is 19.1. The van der Waals surface area contributed by atoms with Crippen LogP contribution in [0.2, 0.25) is 0 Å². The first-order valence-corrected chi connectivity index (χ1v) is 9.77. The summed E-state index contributed by atoms with van der Waals surface area (Å²) in [5.41, 5.74) is 0.710. The van der Waals surface area contributed by atoms with Gasteiger partial charge in [0.25, 0.3) is 0 Å². The molecule has 0 radical (unpaired) electrons. The molecule has 2 aliphatic rings. The molecule has 4 rings (SSSR count). The molecule has 1 saturated heterocycles. The number of oxazole rings is 1. The van der Waals surface area contributed by atoms with Gasteiger partial charge in [-0.2, -0.15) is 0 Å². The Balaban J connectivity index is 1.42. The van der Waals surface area contributed by atoms with E-state index < -0.39 is 12.0 Å². The molecule has 1 amide bonds. The monoisotopic (exact) mass is 386 g/mol. The Bertz CT molecular complexity index is 864. The van der Waals surface area contributed by atoms with E-state index in [1.807, 2.05) is 0 Å². The summed E-state index contributed by atoms with van der Waals surface area (Å²) in [6.07, 6.45) is 6.61. The molecule has 1 aromatic heterocycles. The number of likely N-dealkylation sites (tertiary alicyclic amines) is 1. The lowest BCUT2D eigenvalue weighted by atomic mass is 9.84. The van der Waals surface area contributed by atoms with Crippen molar-refractivity contribution in [3.63, 3.8) is 0 Å². The average Bonchev–Trinajstić information content (AvgIpc) is 3.31. The zero-order valence-electron chi connectivity index (χ0n) is 15.5. The van der Waals surface area contributed by atoms with Crippen molar-refractivity contribution in [1.29, 1.82) is 0 Å². The van der Waals surface area contributed by atoms with Gasteiger partial charge < -0.3 is 14.4 Å². The Morgan fingerprint density at radius 2 is 1.96 bits per heavy atom. The minimum Gasteiger partial charge on any atom is -0.480 e. The number of rotatable bonds is 5. The fourth-order valence-corrected chi connectivity index (χ4v) is 4.56. The van der Waals surface area contributed by atoms with Gasteiger partial charge in [-0.25, -0.2) is 14.2 Å². The first-order chi connectivity index (χ1) is 13.5. The van der Waals surface area contributed by atoms with Crippen LogP contribution in [0.1, 0.15) is 44.4 Å². The predicted octanol–water partition coefficient (Wildman–Crippen LogP) is 3.66. The van der Waals surface area contributed by atoms with Gasteiger partial charge in [0, 0.05) is 24.4 Å². The number of hydrogen-bond acceptors (Lipinski definition) is 4. The molecule has 1 aromatic carbocycles. The van der Waals surface area contributed by atoms with Gasteiger partial charge in [0.1, 0.15) is 11.9 Å². The van der Waals surface area contributed by atoms with Crippen LogP contribution in [0.5, 0.6) is 0 Å². The average molecular weight is 386 g/mol. The van der Waals surface area contributed by atoms with Gasteiger partial charge in [0.05, 0.1) is 6.20 Å². The molecule has 148 valence electrons. The van der Waals surface area contributed by atoms with Crippen LogP contribution in [0.4, 0.5) is 4.39 Å². The molecule has 1 saturated carbocycles. The Labute approximate surface area is 162 Å². The second kappa shape index (κ2) is 7.73. The van der Waals surface area contributed by atoms with Gasteiger partial charge >= 0.3 is 5.97 Å². The van der Waals surface area contributed by atoms with Gasteiger partial charge in [-0.05, 0) is 49.4 Å². The van der Waals surface area contributed by atoms with Crippen molar-refractivity contribution in [3.05, 3.63) is 42.2 Å². The van der Waals surface area contributed by atoms with E-state index in [0.717, 1.165) is 25.7 Å². The Hall–Kier alpha value is -2.70. The van der Waals surface area contributed by atoms with Crippen molar-refractivity contribution in [2.75, 3.05) is 0 Å². The molecule has 2 fully saturated rings. The van der Waals surface area contributed by atoms with Crippen LogP contribution >= 0.6 is 0 Å². The third-order valence-corrected chi connectivity index (χ3v) is 5.90. The summed E-state index contributed by atoms with van der Waals surface area (Å²) >= 11 is 0. The van der Waals surface area contributed by atoms with E-state index >= 15 is 0 Å². The molecule has 7 heteroatoms. The number of hydrogen-bond donors (Lipinski definition) is 1. The Kier molecular flexibility index (Phi) is 5.15. The SMILES string of the molecule is O=C(O)[C@@H]1C[C@@H]2CCCC[C@H]2N1C(=O)CCc1ncc(-c2ccc(F)cc2)o1. The highest BCUT2D eigenvalue weighted by Gasteiger charge is 2.47. The Morgan fingerprint density at radius 1 is 1.21 bits per heavy atom. The molecule has 1 aliphatic carbocycles. The zero-order chi connectivity index (χ0) is 19.7. The fourth-order valence-electron chi connectivity index (χ4n) is 4.56. The maximum absolute atomic E-state index is 13.0. The highest BCUT2D eigenvalue weighted by Crippen LogP contribution is 2.40. The minimum absolute atomic E-state index is 0.0432. The highest BCUT2D eigenvalue weighted by molar-refractivity contribution is 5.85. The maximum atomic E-state index is 13.0. The topological polar surface area (TPSA) is 83.6 Å². The van der Waals surface area contributed by atoms with E-state index in [2.05, 4.69) is 4.98 Å². The van der Waals surface area contributed by atoms with Crippen LogP contribution in [0.3, 0.4) is 0 Å². The largest absolute Gasteiger partial charge is 0.480 e. The normalized spacial score (nSPS) is 24.2. The van der Waals surface area contributed by atoms with Crippen LogP contribution < -0.4 is 0 Å². The second-order valence-electron chi connectivity index (χ2n) is 7.63. The molecule has 0 bridgehead atoms. The molecule has 3 atom stereocenters. The van der Waals surface area contributed by atoms with E-state index in [-0.39, 0.29) is 24.2 Å². The number of carboxylic acids is 1. The van der Waals surface area contributed by atoms with Gasteiger partial charge in [-0.15, -0.1) is 0 Å². The van der Waals surface area contributed by atoms with Crippen molar-refractivity contribution in [2.45, 2.75) is 57.0 Å². The van der Waals surface area contributed by atoms with Gasteiger partial charge in [-0.3, -0.25) is 4.79 Å². The summed E-state index contributed by atoms with van der Waals surface area (Å²) in [6, 6.07) is 5.23. The van der Waals surface area contributed by atoms with Gasteiger partial charge in [0.2, 0.25) is 5.91 Å². The first-order valence-electron chi connectivity index (χ1n) is 9.77. The number of aryl methyl sites for hydroxylation is 1. The van der Waals surface area contributed by atoms with E-state index in [0.29, 0.717) is 36.0 Å². The van der Waals surface area contributed by atoms with Crippen molar-refractivity contribution in [2.24, 2.45) is 5.92 Å². The van der Waals surface area contributed by atoms with Crippen molar-refractivity contribution in [1.82, 2.24) is 9.88 Å². The standard InChI is InChI=1S/C21H23FN2O4/c22-15-7-5-13(6-8-15)18-12-23-19(28-18)9-10-20(25)24-16-4-2-1-3-14(16)11-17(24)21(26)27/h5-8,12,14,16-17H,1-4,9-11H2,(H,26,27)/t14-,16+,17-/m0/s1. The van der Waals surface area contributed by atoms with Crippen LogP contribution in [0, 0.1) is 11.7 Å². The number of aromatic nitrogens is 1. The molecule has 1 aliphatic heterocycles. The summed E-state index contributed by atoms with van der Waals surface area (Å²) < 4.78 is 18.7. The second-order valence-corrected chi connectivity index (χ2v) is 7.63. The van der Waals surface area contributed by atoms with Crippen LogP contribution in [0.25, 0.3) is 11.3 Å². The summed E-state index contributed by atoms with van der Waals surface area (Å²) in [5.74, 6) is -0.168. The third-order valence-electron chi connectivity index (χ3n) is 5.90. The van der Waals surface area contributed by atoms with Gasteiger partial charge in [-0.1, -0.05) is 12.8 Å². The number of nitrogens with zero attached hydrogens (tertiary/aromatic N) is 2. The molecule has 0 spiro atoms. The summed E-state index contributed by atoms with van der Waals surface area (Å²) in [7, 11) is 0. The van der Waals surface area contributed by atoms with Crippen molar-refractivity contribution < 1.29 is 23.5 Å². The number of halogens is 1. The summed E-state index contributed by atoms with van der Waals surface area (Å²) in [4.78, 5) is 30.3. The third kappa shape index (κ3) is 3.66. The van der Waals surface area contributed by atoms with Crippen molar-refractivity contribution >= 4 is 11.9 Å². The van der Waals surface area contributed by atoms with E-state index in [9.17, 15) is 19.1 Å². The van der Waals surface area contributed by atoms with Crippen LogP contribution in [-0.2, 0) is 16.0 Å². The van der Waals surface area contributed by atoms with Crippen LogP contribution in [0.15, 0.2) is 34.9 Å². The number of carbonyl (C=O) groups is 2. The number of amides is 1. The lowest BCUT2D eigenvalue weighted by molar-refractivity contribution is -0.149. The number of carboxylic acid groups (broad SMARTS) is 1. The molecule has 0 unspecified atom stereocenters. The fraction of sp³-hybridized carbons (Fsp3) is 0.476. The van der Waals surface area contributed by atoms with Gasteiger partial charge in [0.15, 0.2) is 11.7 Å². The zero-order valence-corrected chi connectivity index (χ0v) is 15.5. The minimum atomic E-state index is -0.919. The summed E-state index contributed by atoms with van der Waals surface area (Å²) in [6.45, 7) is 0. The van der Waals surface area contributed by atoms with E-state index in [4.69, 9.17) is 4.42 Å². The smallest absolute Gasteiger partial charge is 0.326 e. The van der Waals surface area contributed by atoms with Crippen molar-refractivity contribution in [3.8, 4) is 11.3 Å². The predicted molar refractivity (Wildman–Crippen MR) is 98.9 cm³/mol. The number of carbonyl (C=O) groups excluding carboxylic acids is 1. The molecule has 6 nitrogen and oxygen atoms in total. The lowest BCUT2D eigenvalue weighted by Gasteiger charge is -2.33. The summed E-state index contributed by atoms with van der Waals surface area (Å²) in [5, 5.41) is 9.56. The van der Waals surface area contributed by atoms with Crippen LogP contribution in [-0.4, -0.2) is 39.0 Å². The number of benzene rings is 1. The number of aliphatic carboxylic acids is 1. The molecule has 2 heterocycles. The molecular formula is C21H23FN2O4. The quantitative estimate of drug-likeness (QED) is 0.848. The lowest BCUT2D eigenvalue weighted by Crippen LogP contribution is -2.46. The number of fused-ring (bicyclic) bond motifs is 1. The molecule has 28 heavy (non-hydrogen) atoms. The van der Waals surface area contributed by atoms with E-state index in [1.54, 1.807) is 23.2 Å². The molecule has 1 N–H and O–H groups in total. The Morgan fingerprint density at radius 3 is 2.71 bits per heavy atom.